The molecule has 0 N–H and O–H groups in total. The second-order valence-electron chi connectivity index (χ2n) is 3.54. The van der Waals surface area contributed by atoms with Crippen LogP contribution in [-0.4, -0.2) is 28.3 Å². The molecule has 0 spiro atoms. The van der Waals surface area contributed by atoms with Gasteiger partial charge >= 0.3 is 5.97 Å². The largest absolute Gasteiger partial charge is 0.466 e. The number of aromatic nitrogens is 2. The maximum atomic E-state index is 11.7. The highest BCUT2D eigenvalue weighted by Gasteiger charge is 2.12. The molecule has 1 aromatic heterocycles. The number of hydrogen-bond acceptors (Lipinski definition) is 4. The zero-order chi connectivity index (χ0) is 12.1. The smallest absolute Gasteiger partial charge is 0.306 e. The highest BCUT2D eigenvalue weighted by atomic mass is 16.5. The number of rotatable bonds is 4. The summed E-state index contributed by atoms with van der Waals surface area (Å²) in [6, 6.07) is 1.82. The average Bonchev–Trinajstić information content (AvgIpc) is 2.55. The summed E-state index contributed by atoms with van der Waals surface area (Å²) < 4.78 is 6.07. The molecule has 0 atom stereocenters. The number of hydrogen-bond donors (Lipinski definition) is 0. The molecule has 5 nitrogen and oxygen atoms in total. The standard InChI is InChI=1S/C11H16N2O3/c1-4-16-11(15)6-5-10(14)13-9(3)7-8(2)12-13/h7H,4-6H2,1-3H3. The third-order valence-electron chi connectivity index (χ3n) is 2.09. The first-order chi connectivity index (χ1) is 7.54. The molecule has 0 fully saturated rings. The summed E-state index contributed by atoms with van der Waals surface area (Å²) in [5.74, 6) is -0.531. The molecule has 88 valence electrons. The van der Waals surface area contributed by atoms with Crippen molar-refractivity contribution in [2.24, 2.45) is 0 Å². The summed E-state index contributed by atoms with van der Waals surface area (Å²) in [5, 5.41) is 4.05. The number of nitrogens with zero attached hydrogens (tertiary/aromatic N) is 2. The third-order valence-corrected chi connectivity index (χ3v) is 2.09. The number of aryl methyl sites for hydroxylation is 2. The summed E-state index contributed by atoms with van der Waals surface area (Å²) in [4.78, 5) is 22.7. The van der Waals surface area contributed by atoms with Gasteiger partial charge < -0.3 is 4.74 Å². The Bertz CT molecular complexity index is 396. The van der Waals surface area contributed by atoms with Crippen molar-refractivity contribution in [3.8, 4) is 0 Å². The molecule has 1 aromatic rings. The topological polar surface area (TPSA) is 61.2 Å². The van der Waals surface area contributed by atoms with Gasteiger partial charge in [0, 0.05) is 12.1 Å². The van der Waals surface area contributed by atoms with Crippen LogP contribution >= 0.6 is 0 Å². The predicted octanol–water partition coefficient (Wildman–Crippen LogP) is 1.48. The van der Waals surface area contributed by atoms with E-state index in [-0.39, 0.29) is 24.7 Å². The normalized spacial score (nSPS) is 10.2. The van der Waals surface area contributed by atoms with Crippen molar-refractivity contribution in [1.29, 1.82) is 0 Å². The van der Waals surface area contributed by atoms with Crippen LogP contribution in [0.15, 0.2) is 6.07 Å². The van der Waals surface area contributed by atoms with Crippen molar-refractivity contribution < 1.29 is 14.3 Å². The second-order valence-corrected chi connectivity index (χ2v) is 3.54. The van der Waals surface area contributed by atoms with Crippen LogP contribution in [0.2, 0.25) is 0 Å². The fourth-order valence-electron chi connectivity index (χ4n) is 1.43. The molecular formula is C11H16N2O3. The lowest BCUT2D eigenvalue weighted by Gasteiger charge is -2.03. The molecule has 0 unspecified atom stereocenters. The van der Waals surface area contributed by atoms with E-state index in [9.17, 15) is 9.59 Å². The highest BCUT2D eigenvalue weighted by Crippen LogP contribution is 2.04. The van der Waals surface area contributed by atoms with Crippen LogP contribution in [0.4, 0.5) is 0 Å². The zero-order valence-electron chi connectivity index (χ0n) is 9.82. The van der Waals surface area contributed by atoms with Crippen molar-refractivity contribution in [3.05, 3.63) is 17.5 Å². The van der Waals surface area contributed by atoms with Crippen LogP contribution in [0, 0.1) is 13.8 Å². The zero-order valence-corrected chi connectivity index (χ0v) is 9.82. The van der Waals surface area contributed by atoms with E-state index in [1.165, 1.54) is 4.68 Å². The first kappa shape index (κ1) is 12.4. The van der Waals surface area contributed by atoms with Gasteiger partial charge in [-0.1, -0.05) is 0 Å². The van der Waals surface area contributed by atoms with Crippen LogP contribution in [0.5, 0.6) is 0 Å². The molecule has 0 aliphatic heterocycles. The third kappa shape index (κ3) is 3.18. The predicted molar refractivity (Wildman–Crippen MR) is 58.2 cm³/mol. The molecule has 0 bridgehead atoms. The highest BCUT2D eigenvalue weighted by molar-refractivity contribution is 5.83. The van der Waals surface area contributed by atoms with Gasteiger partial charge in [0.05, 0.1) is 18.7 Å². The van der Waals surface area contributed by atoms with Gasteiger partial charge in [0.2, 0.25) is 5.91 Å². The summed E-state index contributed by atoms with van der Waals surface area (Å²) in [6.45, 7) is 5.71. The van der Waals surface area contributed by atoms with Gasteiger partial charge in [-0.25, -0.2) is 4.68 Å². The fourth-order valence-corrected chi connectivity index (χ4v) is 1.43. The Balaban J connectivity index is 2.53. The molecule has 0 aliphatic rings. The lowest BCUT2D eigenvalue weighted by molar-refractivity contribution is -0.143. The summed E-state index contributed by atoms with van der Waals surface area (Å²) in [7, 11) is 0. The molecular weight excluding hydrogens is 208 g/mol. The Morgan fingerprint density at radius 3 is 2.56 bits per heavy atom. The van der Waals surface area contributed by atoms with E-state index in [1.807, 2.05) is 19.9 Å². The quantitative estimate of drug-likeness (QED) is 0.727. The summed E-state index contributed by atoms with van der Waals surface area (Å²) >= 11 is 0. The molecule has 0 aromatic carbocycles. The Kier molecular flexibility index (Phi) is 4.22. The van der Waals surface area contributed by atoms with Crippen LogP contribution < -0.4 is 0 Å². The maximum Gasteiger partial charge on any atom is 0.306 e. The van der Waals surface area contributed by atoms with Crippen LogP contribution in [0.25, 0.3) is 0 Å². The Morgan fingerprint density at radius 1 is 1.38 bits per heavy atom. The van der Waals surface area contributed by atoms with Gasteiger partial charge in [-0.3, -0.25) is 9.59 Å². The van der Waals surface area contributed by atoms with E-state index in [4.69, 9.17) is 4.74 Å². The van der Waals surface area contributed by atoms with Gasteiger partial charge in [-0.2, -0.15) is 5.10 Å². The molecule has 0 amide bonds. The number of carbonyl (C=O) groups is 2. The van der Waals surface area contributed by atoms with E-state index in [1.54, 1.807) is 6.92 Å². The maximum absolute atomic E-state index is 11.7. The molecule has 0 saturated carbocycles. The van der Waals surface area contributed by atoms with Crippen LogP contribution in [0.1, 0.15) is 35.9 Å². The molecule has 0 saturated heterocycles. The number of esters is 1. The molecule has 1 rings (SSSR count). The van der Waals surface area contributed by atoms with Gasteiger partial charge in [-0.15, -0.1) is 0 Å². The first-order valence-corrected chi connectivity index (χ1v) is 5.26. The summed E-state index contributed by atoms with van der Waals surface area (Å²) in [6.07, 6.45) is 0.228. The SMILES string of the molecule is CCOC(=O)CCC(=O)n1nc(C)cc1C. The second kappa shape index (κ2) is 5.44. The monoisotopic (exact) mass is 224 g/mol. The lowest BCUT2D eigenvalue weighted by atomic mass is 10.3. The molecule has 0 aliphatic carbocycles. The van der Waals surface area contributed by atoms with E-state index in [0.29, 0.717) is 6.61 Å². The van der Waals surface area contributed by atoms with Gasteiger partial charge in [-0.05, 0) is 26.8 Å². The van der Waals surface area contributed by atoms with Crippen LogP contribution in [-0.2, 0) is 9.53 Å². The molecule has 5 heteroatoms. The Morgan fingerprint density at radius 2 is 2.06 bits per heavy atom. The van der Waals surface area contributed by atoms with Crippen LogP contribution in [0.3, 0.4) is 0 Å². The average molecular weight is 224 g/mol. The summed E-state index contributed by atoms with van der Waals surface area (Å²) in [5.41, 5.74) is 1.58. The van der Waals surface area contributed by atoms with E-state index in [2.05, 4.69) is 5.10 Å². The van der Waals surface area contributed by atoms with Crippen molar-refractivity contribution in [1.82, 2.24) is 9.78 Å². The molecule has 0 radical (unpaired) electrons. The van der Waals surface area contributed by atoms with Gasteiger partial charge in [0.15, 0.2) is 0 Å². The Hall–Kier alpha value is -1.65. The van der Waals surface area contributed by atoms with Crippen molar-refractivity contribution in [2.45, 2.75) is 33.6 Å². The fraction of sp³-hybridized carbons (Fsp3) is 0.545. The van der Waals surface area contributed by atoms with E-state index >= 15 is 0 Å². The number of ether oxygens (including phenoxy) is 1. The minimum absolute atomic E-state index is 0.102. The minimum Gasteiger partial charge on any atom is -0.466 e. The van der Waals surface area contributed by atoms with Crippen molar-refractivity contribution in [3.63, 3.8) is 0 Å². The van der Waals surface area contributed by atoms with Crippen molar-refractivity contribution in [2.75, 3.05) is 6.61 Å². The Labute approximate surface area is 94.4 Å². The lowest BCUT2D eigenvalue weighted by Crippen LogP contribution is -2.16. The van der Waals surface area contributed by atoms with Crippen molar-refractivity contribution >= 4 is 11.9 Å². The molecule has 16 heavy (non-hydrogen) atoms. The molecule has 1 heterocycles. The van der Waals surface area contributed by atoms with E-state index < -0.39 is 0 Å². The first-order valence-electron chi connectivity index (χ1n) is 5.26. The number of carbonyl (C=O) groups excluding carboxylic acids is 2. The van der Waals surface area contributed by atoms with E-state index in [0.717, 1.165) is 11.4 Å². The van der Waals surface area contributed by atoms with Gasteiger partial charge in [0.1, 0.15) is 0 Å². The van der Waals surface area contributed by atoms with Gasteiger partial charge in [0.25, 0.3) is 0 Å². The minimum atomic E-state index is -0.350.